The van der Waals surface area contributed by atoms with Crippen LogP contribution in [0.25, 0.3) is 0 Å². The summed E-state index contributed by atoms with van der Waals surface area (Å²) < 4.78 is 0. The SMILES string of the molecule is CC(C)C(c1ccc(N)cc1)C(C)(C)C. The minimum absolute atomic E-state index is 0.296. The molecule has 1 unspecified atom stereocenters. The van der Waals surface area contributed by atoms with E-state index in [4.69, 9.17) is 5.73 Å². The second kappa shape index (κ2) is 4.26. The first-order valence-corrected chi connectivity index (χ1v) is 5.68. The highest BCUT2D eigenvalue weighted by Crippen LogP contribution is 2.40. The van der Waals surface area contributed by atoms with E-state index in [0.717, 1.165) is 5.69 Å². The number of hydrogen-bond donors (Lipinski definition) is 1. The van der Waals surface area contributed by atoms with Crippen LogP contribution >= 0.6 is 0 Å². The summed E-state index contributed by atoms with van der Waals surface area (Å²) in [5, 5.41) is 0. The Morgan fingerprint density at radius 3 is 1.80 bits per heavy atom. The molecule has 1 aromatic rings. The molecule has 0 aliphatic heterocycles. The van der Waals surface area contributed by atoms with Crippen LogP contribution in [0.2, 0.25) is 0 Å². The van der Waals surface area contributed by atoms with Gasteiger partial charge in [-0.1, -0.05) is 46.8 Å². The third-order valence-electron chi connectivity index (χ3n) is 2.90. The third-order valence-corrected chi connectivity index (χ3v) is 2.90. The van der Waals surface area contributed by atoms with Gasteiger partial charge in [-0.3, -0.25) is 0 Å². The van der Waals surface area contributed by atoms with Gasteiger partial charge >= 0.3 is 0 Å². The second-order valence-electron chi connectivity index (χ2n) is 5.75. The second-order valence-corrected chi connectivity index (χ2v) is 5.75. The molecule has 0 aliphatic carbocycles. The Hall–Kier alpha value is -0.980. The van der Waals surface area contributed by atoms with Gasteiger partial charge in [-0.05, 0) is 34.9 Å². The maximum Gasteiger partial charge on any atom is 0.0314 e. The maximum atomic E-state index is 5.71. The quantitative estimate of drug-likeness (QED) is 0.724. The van der Waals surface area contributed by atoms with Crippen LogP contribution in [0, 0.1) is 11.3 Å². The van der Waals surface area contributed by atoms with E-state index >= 15 is 0 Å². The highest BCUT2D eigenvalue weighted by Gasteiger charge is 2.28. The molecule has 0 fully saturated rings. The largest absolute Gasteiger partial charge is 0.399 e. The van der Waals surface area contributed by atoms with Crippen LogP contribution in [-0.2, 0) is 0 Å². The fourth-order valence-corrected chi connectivity index (χ4v) is 2.59. The number of anilines is 1. The van der Waals surface area contributed by atoms with Crippen LogP contribution in [-0.4, -0.2) is 0 Å². The summed E-state index contributed by atoms with van der Waals surface area (Å²) in [6, 6.07) is 8.31. The summed E-state index contributed by atoms with van der Waals surface area (Å²) in [5.74, 6) is 1.23. The lowest BCUT2D eigenvalue weighted by Gasteiger charge is -2.34. The van der Waals surface area contributed by atoms with E-state index in [2.05, 4.69) is 46.8 Å². The van der Waals surface area contributed by atoms with Crippen molar-refractivity contribution in [3.05, 3.63) is 29.8 Å². The molecule has 0 aromatic heterocycles. The highest BCUT2D eigenvalue weighted by molar-refractivity contribution is 5.40. The van der Waals surface area contributed by atoms with Gasteiger partial charge in [-0.15, -0.1) is 0 Å². The van der Waals surface area contributed by atoms with Gasteiger partial charge in [0.05, 0.1) is 0 Å². The average molecular weight is 205 g/mol. The molecular weight excluding hydrogens is 182 g/mol. The standard InChI is InChI=1S/C14H23N/c1-10(2)13(14(3,4)5)11-6-8-12(15)9-7-11/h6-10,13H,15H2,1-5H3. The Kier molecular flexibility index (Phi) is 3.43. The Balaban J connectivity index is 3.05. The van der Waals surface area contributed by atoms with Gasteiger partial charge in [-0.2, -0.15) is 0 Å². The predicted molar refractivity (Wildman–Crippen MR) is 67.9 cm³/mol. The Labute approximate surface area is 93.7 Å². The number of hydrogen-bond acceptors (Lipinski definition) is 1. The van der Waals surface area contributed by atoms with Crippen molar-refractivity contribution in [2.24, 2.45) is 11.3 Å². The van der Waals surface area contributed by atoms with E-state index in [1.165, 1.54) is 5.56 Å². The zero-order valence-electron chi connectivity index (χ0n) is 10.5. The lowest BCUT2D eigenvalue weighted by molar-refractivity contribution is 0.258. The molecule has 0 amide bonds. The van der Waals surface area contributed by atoms with Crippen LogP contribution in [0.1, 0.15) is 46.1 Å². The van der Waals surface area contributed by atoms with Crippen molar-refractivity contribution >= 4 is 5.69 Å². The highest BCUT2D eigenvalue weighted by atomic mass is 14.5. The zero-order valence-corrected chi connectivity index (χ0v) is 10.5. The number of nitrogens with two attached hydrogens (primary N) is 1. The van der Waals surface area contributed by atoms with Crippen molar-refractivity contribution in [1.82, 2.24) is 0 Å². The van der Waals surface area contributed by atoms with Crippen molar-refractivity contribution < 1.29 is 0 Å². The molecule has 0 radical (unpaired) electrons. The first-order valence-electron chi connectivity index (χ1n) is 5.68. The van der Waals surface area contributed by atoms with Crippen molar-refractivity contribution in [3.63, 3.8) is 0 Å². The van der Waals surface area contributed by atoms with E-state index in [0.29, 0.717) is 17.3 Å². The molecule has 0 bridgehead atoms. The number of benzene rings is 1. The lowest BCUT2D eigenvalue weighted by atomic mass is 9.70. The summed E-state index contributed by atoms with van der Waals surface area (Å²) in [5.41, 5.74) is 8.25. The van der Waals surface area contributed by atoms with Gasteiger partial charge in [0.2, 0.25) is 0 Å². The fraction of sp³-hybridized carbons (Fsp3) is 0.571. The summed E-state index contributed by atoms with van der Waals surface area (Å²) in [7, 11) is 0. The third kappa shape index (κ3) is 2.98. The van der Waals surface area contributed by atoms with Crippen LogP contribution in [0.5, 0.6) is 0 Å². The van der Waals surface area contributed by atoms with E-state index in [-0.39, 0.29) is 0 Å². The normalized spacial score (nSPS) is 14.3. The molecule has 0 saturated heterocycles. The Bertz CT molecular complexity index is 303. The summed E-state index contributed by atoms with van der Waals surface area (Å²) >= 11 is 0. The lowest BCUT2D eigenvalue weighted by Crippen LogP contribution is -2.23. The minimum atomic E-state index is 0.296. The Morgan fingerprint density at radius 1 is 1.00 bits per heavy atom. The molecule has 1 atom stereocenters. The molecule has 0 aliphatic rings. The molecular formula is C14H23N. The van der Waals surface area contributed by atoms with E-state index < -0.39 is 0 Å². The molecule has 84 valence electrons. The van der Waals surface area contributed by atoms with Crippen LogP contribution in [0.15, 0.2) is 24.3 Å². The van der Waals surface area contributed by atoms with E-state index in [1.807, 2.05) is 12.1 Å². The van der Waals surface area contributed by atoms with Crippen molar-refractivity contribution in [1.29, 1.82) is 0 Å². The maximum absolute atomic E-state index is 5.71. The van der Waals surface area contributed by atoms with Crippen LogP contribution in [0.3, 0.4) is 0 Å². The molecule has 1 rings (SSSR count). The predicted octanol–water partition coefficient (Wildman–Crippen LogP) is 4.05. The van der Waals surface area contributed by atoms with Crippen molar-refractivity contribution in [2.45, 2.75) is 40.5 Å². The van der Waals surface area contributed by atoms with E-state index in [9.17, 15) is 0 Å². The number of rotatable bonds is 2. The fourth-order valence-electron chi connectivity index (χ4n) is 2.59. The molecule has 0 saturated carbocycles. The minimum Gasteiger partial charge on any atom is -0.399 e. The first-order chi connectivity index (χ1) is 6.82. The van der Waals surface area contributed by atoms with Gasteiger partial charge in [0.15, 0.2) is 0 Å². The monoisotopic (exact) mass is 205 g/mol. The van der Waals surface area contributed by atoms with Gasteiger partial charge < -0.3 is 5.73 Å². The van der Waals surface area contributed by atoms with Gasteiger partial charge in [0.25, 0.3) is 0 Å². The molecule has 1 aromatic carbocycles. The van der Waals surface area contributed by atoms with Gasteiger partial charge in [0, 0.05) is 5.69 Å². The Morgan fingerprint density at radius 2 is 1.47 bits per heavy atom. The smallest absolute Gasteiger partial charge is 0.0314 e. The van der Waals surface area contributed by atoms with Crippen molar-refractivity contribution in [2.75, 3.05) is 5.73 Å². The molecule has 0 heterocycles. The van der Waals surface area contributed by atoms with Gasteiger partial charge in [-0.25, -0.2) is 0 Å². The molecule has 1 heteroatoms. The number of nitrogen functional groups attached to an aromatic ring is 1. The van der Waals surface area contributed by atoms with Crippen LogP contribution < -0.4 is 5.73 Å². The topological polar surface area (TPSA) is 26.0 Å². The van der Waals surface area contributed by atoms with Crippen LogP contribution in [0.4, 0.5) is 5.69 Å². The average Bonchev–Trinajstić information content (AvgIpc) is 2.05. The zero-order chi connectivity index (χ0) is 11.6. The van der Waals surface area contributed by atoms with Gasteiger partial charge in [0.1, 0.15) is 0 Å². The van der Waals surface area contributed by atoms with E-state index in [1.54, 1.807) is 0 Å². The molecule has 0 spiro atoms. The summed E-state index contributed by atoms with van der Waals surface area (Å²) in [6.45, 7) is 11.5. The molecule has 2 N–H and O–H groups in total. The summed E-state index contributed by atoms with van der Waals surface area (Å²) in [6.07, 6.45) is 0. The van der Waals surface area contributed by atoms with Crippen molar-refractivity contribution in [3.8, 4) is 0 Å². The summed E-state index contributed by atoms with van der Waals surface area (Å²) in [4.78, 5) is 0. The first kappa shape index (κ1) is 12.1. The molecule has 1 nitrogen and oxygen atoms in total. The molecule has 15 heavy (non-hydrogen) atoms.